The first-order valence-electron chi connectivity index (χ1n) is 11.1. The van der Waals surface area contributed by atoms with Crippen LogP contribution in [0.1, 0.15) is 66.6 Å². The molecule has 1 aromatic carbocycles. The first-order chi connectivity index (χ1) is 15.4. The Morgan fingerprint density at radius 3 is 2.78 bits per heavy atom. The molecule has 0 radical (unpaired) electrons. The molecule has 1 aliphatic carbocycles. The molecule has 3 aromatic rings. The minimum atomic E-state index is -0.292. The summed E-state index contributed by atoms with van der Waals surface area (Å²) in [4.78, 5) is 14.7. The summed E-state index contributed by atoms with van der Waals surface area (Å²) in [6.07, 6.45) is 6.14. The molecule has 168 valence electrons. The number of hydrogen-bond donors (Lipinski definition) is 2. The van der Waals surface area contributed by atoms with E-state index >= 15 is 0 Å². The summed E-state index contributed by atoms with van der Waals surface area (Å²) in [5, 5.41) is 12.3. The number of nitrogens with zero attached hydrogens (tertiary/aromatic N) is 2. The maximum atomic E-state index is 13.2. The molecule has 32 heavy (non-hydrogen) atoms. The average Bonchev–Trinajstić information content (AvgIpc) is 3.40. The van der Waals surface area contributed by atoms with Gasteiger partial charge in [-0.3, -0.25) is 4.79 Å². The number of carbonyl (C=O) groups excluding carboxylic acids is 1. The second-order valence-corrected chi connectivity index (χ2v) is 9.22. The molecule has 1 aliphatic heterocycles. The smallest absolute Gasteiger partial charge is 0.289 e. The van der Waals surface area contributed by atoms with Crippen LogP contribution in [0.4, 0.5) is 5.69 Å². The van der Waals surface area contributed by atoms with Gasteiger partial charge in [0.1, 0.15) is 5.58 Å². The van der Waals surface area contributed by atoms with Gasteiger partial charge in [0, 0.05) is 24.1 Å². The highest BCUT2D eigenvalue weighted by molar-refractivity contribution is 6.34. The molecule has 0 saturated heterocycles. The van der Waals surface area contributed by atoms with Gasteiger partial charge < -0.3 is 24.5 Å². The predicted molar refractivity (Wildman–Crippen MR) is 124 cm³/mol. The monoisotopic (exact) mass is 454 g/mol. The SMILES string of the molecule is C=C1Nc2c(Cl)cc3cc(C(=O)N(C)Cc4cc(CC)no4)oc3c2C2(CCCCC2)N1. The first-order valence-corrected chi connectivity index (χ1v) is 11.5. The zero-order valence-electron chi connectivity index (χ0n) is 18.4. The molecule has 2 aromatic heterocycles. The number of aryl methyl sites for hydroxylation is 1. The van der Waals surface area contributed by atoms with E-state index in [0.29, 0.717) is 22.9 Å². The average molecular weight is 455 g/mol. The lowest BCUT2D eigenvalue weighted by molar-refractivity contribution is 0.0742. The predicted octanol–water partition coefficient (Wildman–Crippen LogP) is 5.55. The molecule has 0 atom stereocenters. The fraction of sp³-hybridized carbons (Fsp3) is 0.417. The lowest BCUT2D eigenvalue weighted by atomic mass is 9.74. The van der Waals surface area contributed by atoms with E-state index < -0.39 is 0 Å². The summed E-state index contributed by atoms with van der Waals surface area (Å²) >= 11 is 6.68. The van der Waals surface area contributed by atoms with Crippen molar-refractivity contribution in [3.8, 4) is 0 Å². The van der Waals surface area contributed by atoms with Gasteiger partial charge >= 0.3 is 0 Å². The van der Waals surface area contributed by atoms with Crippen molar-refractivity contribution in [1.29, 1.82) is 0 Å². The van der Waals surface area contributed by atoms with Crippen molar-refractivity contribution in [1.82, 2.24) is 15.4 Å². The number of furan rings is 1. The Bertz CT molecular complexity index is 1210. The minimum Gasteiger partial charge on any atom is -0.450 e. The number of amides is 1. The molecule has 2 N–H and O–H groups in total. The van der Waals surface area contributed by atoms with Crippen LogP contribution in [0.2, 0.25) is 5.02 Å². The highest BCUT2D eigenvalue weighted by Gasteiger charge is 2.42. The van der Waals surface area contributed by atoms with Crippen LogP contribution in [-0.4, -0.2) is 23.0 Å². The van der Waals surface area contributed by atoms with E-state index in [1.807, 2.05) is 19.1 Å². The van der Waals surface area contributed by atoms with Crippen molar-refractivity contribution in [2.75, 3.05) is 12.4 Å². The molecule has 1 saturated carbocycles. The fourth-order valence-corrected chi connectivity index (χ4v) is 5.25. The molecule has 0 unspecified atom stereocenters. The van der Waals surface area contributed by atoms with Gasteiger partial charge in [0.05, 0.1) is 34.3 Å². The van der Waals surface area contributed by atoms with Gasteiger partial charge in [-0.1, -0.05) is 49.5 Å². The summed E-state index contributed by atoms with van der Waals surface area (Å²) in [5.74, 6) is 1.43. The summed E-state index contributed by atoms with van der Waals surface area (Å²) < 4.78 is 11.6. The van der Waals surface area contributed by atoms with Crippen LogP contribution in [0.25, 0.3) is 11.0 Å². The molecule has 1 spiro atoms. The highest BCUT2D eigenvalue weighted by atomic mass is 35.5. The summed E-state index contributed by atoms with van der Waals surface area (Å²) in [7, 11) is 1.72. The Kier molecular flexibility index (Phi) is 5.16. The van der Waals surface area contributed by atoms with Crippen molar-refractivity contribution in [3.63, 3.8) is 0 Å². The van der Waals surface area contributed by atoms with Crippen molar-refractivity contribution in [2.45, 2.75) is 57.5 Å². The maximum absolute atomic E-state index is 13.2. The van der Waals surface area contributed by atoms with E-state index in [0.717, 1.165) is 60.3 Å². The van der Waals surface area contributed by atoms with E-state index in [1.165, 1.54) is 6.42 Å². The second kappa shape index (κ2) is 7.89. The lowest BCUT2D eigenvalue weighted by Crippen LogP contribution is -2.48. The molecular weight excluding hydrogens is 428 g/mol. The van der Waals surface area contributed by atoms with E-state index in [1.54, 1.807) is 18.0 Å². The summed E-state index contributed by atoms with van der Waals surface area (Å²) in [5.41, 5.74) is 3.09. The minimum absolute atomic E-state index is 0.223. The Morgan fingerprint density at radius 1 is 1.28 bits per heavy atom. The normalized spacial score (nSPS) is 17.2. The topological polar surface area (TPSA) is 83.5 Å². The zero-order chi connectivity index (χ0) is 22.5. The van der Waals surface area contributed by atoms with Crippen molar-refractivity contribution < 1.29 is 13.7 Å². The second-order valence-electron chi connectivity index (χ2n) is 8.81. The molecule has 1 amide bonds. The molecule has 8 heteroatoms. The number of hydrogen-bond acceptors (Lipinski definition) is 6. The largest absolute Gasteiger partial charge is 0.450 e. The molecule has 5 rings (SSSR count). The quantitative estimate of drug-likeness (QED) is 0.537. The number of halogens is 1. The molecule has 0 bridgehead atoms. The third kappa shape index (κ3) is 3.45. The van der Waals surface area contributed by atoms with Gasteiger partial charge in [-0.25, -0.2) is 0 Å². The van der Waals surface area contributed by atoms with E-state index in [4.69, 9.17) is 20.5 Å². The number of carbonyl (C=O) groups is 1. The van der Waals surface area contributed by atoms with Crippen LogP contribution in [0.3, 0.4) is 0 Å². The standard InChI is InChI=1S/C24H27ClN4O3/c1-4-16-12-17(32-28-16)13-29(3)23(30)19-11-15-10-18(25)21-20(22(15)31-19)24(27-14(2)26-21)8-6-5-7-9-24/h10-12,26-27H,2,4-9,13H2,1,3H3. The maximum Gasteiger partial charge on any atom is 0.289 e. The molecule has 3 heterocycles. The van der Waals surface area contributed by atoms with Crippen LogP contribution in [0.5, 0.6) is 0 Å². The van der Waals surface area contributed by atoms with Gasteiger partial charge in [0.25, 0.3) is 5.91 Å². The van der Waals surface area contributed by atoms with Gasteiger partial charge in [0.15, 0.2) is 11.5 Å². The van der Waals surface area contributed by atoms with E-state index in [2.05, 4.69) is 22.4 Å². The third-order valence-corrected chi connectivity index (χ3v) is 6.83. The van der Waals surface area contributed by atoms with Gasteiger partial charge in [0.2, 0.25) is 0 Å². The Hall–Kier alpha value is -2.93. The van der Waals surface area contributed by atoms with Crippen LogP contribution in [-0.2, 0) is 18.5 Å². The Morgan fingerprint density at radius 2 is 2.06 bits per heavy atom. The number of fused-ring (bicyclic) bond motifs is 4. The highest BCUT2D eigenvalue weighted by Crippen LogP contribution is 2.49. The Balaban J connectivity index is 1.53. The number of benzene rings is 1. The van der Waals surface area contributed by atoms with E-state index in [9.17, 15) is 4.79 Å². The number of nitrogens with one attached hydrogen (secondary N) is 2. The lowest BCUT2D eigenvalue weighted by Gasteiger charge is -2.44. The molecule has 2 aliphatic rings. The van der Waals surface area contributed by atoms with Crippen molar-refractivity contribution in [2.24, 2.45) is 0 Å². The number of aromatic nitrogens is 1. The van der Waals surface area contributed by atoms with Gasteiger partial charge in [-0.05, 0) is 31.4 Å². The van der Waals surface area contributed by atoms with Crippen molar-refractivity contribution >= 4 is 34.2 Å². The summed E-state index contributed by atoms with van der Waals surface area (Å²) in [6, 6.07) is 5.50. The first kappa shape index (κ1) is 20.9. The van der Waals surface area contributed by atoms with Crippen LogP contribution < -0.4 is 10.6 Å². The molecule has 1 fully saturated rings. The van der Waals surface area contributed by atoms with Gasteiger partial charge in [-0.2, -0.15) is 0 Å². The van der Waals surface area contributed by atoms with Crippen LogP contribution in [0, 0.1) is 0 Å². The van der Waals surface area contributed by atoms with Crippen LogP contribution in [0.15, 0.2) is 39.5 Å². The molecular formula is C24H27ClN4O3. The summed E-state index contributed by atoms with van der Waals surface area (Å²) in [6.45, 7) is 6.42. The van der Waals surface area contributed by atoms with Crippen LogP contribution >= 0.6 is 11.6 Å². The van der Waals surface area contributed by atoms with E-state index in [-0.39, 0.29) is 17.2 Å². The number of anilines is 1. The Labute approximate surface area is 191 Å². The zero-order valence-corrected chi connectivity index (χ0v) is 19.1. The molecule has 7 nitrogen and oxygen atoms in total. The number of rotatable bonds is 4. The fourth-order valence-electron chi connectivity index (χ4n) is 4.99. The third-order valence-electron chi connectivity index (χ3n) is 6.53. The van der Waals surface area contributed by atoms with Crippen molar-refractivity contribution in [3.05, 3.63) is 58.4 Å². The van der Waals surface area contributed by atoms with Gasteiger partial charge in [-0.15, -0.1) is 0 Å².